The largest absolute Gasteiger partial charge is 0.477 e. The Balaban J connectivity index is 1.55. The highest BCUT2D eigenvalue weighted by Gasteiger charge is 2.54. The number of carboxylic acids is 1. The summed E-state index contributed by atoms with van der Waals surface area (Å²) in [5, 5.41) is 25.0. The lowest BCUT2D eigenvalue weighted by molar-refractivity contribution is -0.150. The van der Waals surface area contributed by atoms with Gasteiger partial charge in [0.05, 0.1) is 10.6 Å². The van der Waals surface area contributed by atoms with Crippen LogP contribution in [0.2, 0.25) is 0 Å². The van der Waals surface area contributed by atoms with Crippen LogP contribution < -0.4 is 11.1 Å². The quantitative estimate of drug-likeness (QED) is 0.157. The van der Waals surface area contributed by atoms with Gasteiger partial charge in [-0.1, -0.05) is 5.16 Å². The molecule has 2 atom stereocenters. The van der Waals surface area contributed by atoms with Crippen molar-refractivity contribution >= 4 is 61.6 Å². The number of β-lactam (4-membered cyclic amide) rings is 1. The van der Waals surface area contributed by atoms with E-state index in [4.69, 9.17) is 5.73 Å². The van der Waals surface area contributed by atoms with Crippen molar-refractivity contribution < 1.29 is 33.1 Å². The fraction of sp³-hybridized carbons (Fsp3) is 0.222. The van der Waals surface area contributed by atoms with Gasteiger partial charge in [0, 0.05) is 23.5 Å². The number of aliphatic carboxylic acids is 1. The third-order valence-electron chi connectivity index (χ3n) is 4.97. The molecule has 0 aliphatic carbocycles. The van der Waals surface area contributed by atoms with Crippen LogP contribution in [0.15, 0.2) is 51.2 Å². The summed E-state index contributed by atoms with van der Waals surface area (Å²) in [7, 11) is -3.90. The molecule has 1 fully saturated rings. The van der Waals surface area contributed by atoms with Crippen LogP contribution in [-0.2, 0) is 24.2 Å². The number of amides is 2. The van der Waals surface area contributed by atoms with Gasteiger partial charge in [-0.3, -0.25) is 19.5 Å². The summed E-state index contributed by atoms with van der Waals surface area (Å²) in [4.78, 5) is 45.8. The second-order valence-corrected chi connectivity index (χ2v) is 11.1. The number of hydrogen-bond donors (Lipinski definition) is 4. The van der Waals surface area contributed by atoms with Gasteiger partial charge in [-0.25, -0.2) is 18.2 Å². The number of nitrogens with two attached hydrogens (primary N) is 1. The molecule has 2 amide bonds. The molecule has 2 aromatic rings. The zero-order chi connectivity index (χ0) is 24.6. The summed E-state index contributed by atoms with van der Waals surface area (Å²) < 4.78 is 25.4. The van der Waals surface area contributed by atoms with Crippen molar-refractivity contribution in [1.29, 1.82) is 0 Å². The fourth-order valence-electron chi connectivity index (χ4n) is 3.46. The Hall–Kier alpha value is -3.50. The molecule has 4 rings (SSSR count). The third kappa shape index (κ3) is 4.22. The lowest BCUT2D eigenvalue weighted by Gasteiger charge is -2.49. The first-order valence-electron chi connectivity index (χ1n) is 9.41. The molecule has 13 nitrogen and oxygen atoms in total. The number of carboxylic acid groups (broad SMARTS) is 1. The maximum Gasteiger partial charge on any atom is 0.352 e. The number of fused-ring (bicyclic) bond motifs is 1. The monoisotopic (exact) mass is 524 g/mol. The van der Waals surface area contributed by atoms with Gasteiger partial charge in [0.1, 0.15) is 22.8 Å². The Labute approximate surface area is 200 Å². The summed E-state index contributed by atoms with van der Waals surface area (Å²) in [6.07, 6.45) is 2.57. The fourth-order valence-corrected chi connectivity index (χ4v) is 6.85. The molecule has 5 N–H and O–H groups in total. The number of thiazole rings is 1. The van der Waals surface area contributed by atoms with Gasteiger partial charge in [0.15, 0.2) is 20.7 Å². The number of hydrogen-bond acceptors (Lipinski definition) is 12. The SMILES string of the molecule is Nc1nc(/C(=N/O)C(=O)NC2C(=O)N3C(C(=O)O)=C(CS(=O)(=O)c4cccnc4)CS[C@H]23)cs1. The molecule has 178 valence electrons. The maximum atomic E-state index is 12.8. The van der Waals surface area contributed by atoms with Gasteiger partial charge < -0.3 is 21.4 Å². The van der Waals surface area contributed by atoms with Crippen LogP contribution in [0.25, 0.3) is 0 Å². The van der Waals surface area contributed by atoms with E-state index < -0.39 is 56.2 Å². The molecule has 0 aromatic carbocycles. The van der Waals surface area contributed by atoms with E-state index in [1.54, 1.807) is 0 Å². The van der Waals surface area contributed by atoms with Gasteiger partial charge >= 0.3 is 5.97 Å². The van der Waals surface area contributed by atoms with E-state index in [0.29, 0.717) is 0 Å². The van der Waals surface area contributed by atoms with Crippen molar-refractivity contribution in [1.82, 2.24) is 20.2 Å². The number of carbonyl (C=O) groups excluding carboxylic acids is 2. The van der Waals surface area contributed by atoms with Gasteiger partial charge in [-0.2, -0.15) is 0 Å². The van der Waals surface area contributed by atoms with Gasteiger partial charge in [-0.05, 0) is 17.7 Å². The highest BCUT2D eigenvalue weighted by Crippen LogP contribution is 2.41. The van der Waals surface area contributed by atoms with Gasteiger partial charge in [0.25, 0.3) is 11.8 Å². The van der Waals surface area contributed by atoms with Crippen molar-refractivity contribution in [3.8, 4) is 0 Å². The molecule has 0 spiro atoms. The first-order chi connectivity index (χ1) is 16.1. The first-order valence-corrected chi connectivity index (χ1v) is 13.0. The van der Waals surface area contributed by atoms with Crippen molar-refractivity contribution in [2.45, 2.75) is 16.3 Å². The normalized spacial score (nSPS) is 20.5. The van der Waals surface area contributed by atoms with E-state index in [0.717, 1.165) is 34.2 Å². The van der Waals surface area contributed by atoms with Crippen LogP contribution in [0.3, 0.4) is 0 Å². The van der Waals surface area contributed by atoms with E-state index >= 15 is 0 Å². The zero-order valence-corrected chi connectivity index (χ0v) is 19.4. The van der Waals surface area contributed by atoms with Crippen LogP contribution >= 0.6 is 23.1 Å². The second-order valence-electron chi connectivity index (χ2n) is 7.09. The minimum atomic E-state index is -3.90. The maximum absolute atomic E-state index is 12.8. The van der Waals surface area contributed by atoms with Gasteiger partial charge in [0.2, 0.25) is 0 Å². The number of thioether (sulfide) groups is 1. The Bertz CT molecular complexity index is 1340. The molecule has 16 heteroatoms. The molecular formula is C18H16N6O7S3. The number of oxime groups is 1. The Morgan fingerprint density at radius 3 is 2.74 bits per heavy atom. The Kier molecular flexibility index (Phi) is 6.28. The van der Waals surface area contributed by atoms with E-state index in [-0.39, 0.29) is 27.0 Å². The smallest absolute Gasteiger partial charge is 0.352 e. The molecule has 2 aliphatic rings. The Morgan fingerprint density at radius 1 is 1.38 bits per heavy atom. The number of nitrogen functional groups attached to an aromatic ring is 1. The van der Waals surface area contributed by atoms with Crippen LogP contribution in [0, 0.1) is 0 Å². The average molecular weight is 525 g/mol. The average Bonchev–Trinajstić information content (AvgIpc) is 3.23. The molecule has 0 saturated carbocycles. The number of rotatable bonds is 7. The number of sulfone groups is 1. The molecule has 1 unspecified atom stereocenters. The summed E-state index contributed by atoms with van der Waals surface area (Å²) in [5.74, 6) is -3.71. The molecule has 1 saturated heterocycles. The van der Waals surface area contributed by atoms with Crippen molar-refractivity contribution in [2.24, 2.45) is 5.16 Å². The van der Waals surface area contributed by atoms with Crippen LogP contribution in [0.4, 0.5) is 5.13 Å². The standard InChI is InChI=1S/C18H16N6O7S3/c19-18-21-10(6-33-18)11(23-29)14(25)22-12-15(26)24-13(17(27)28)8(5-32-16(12)24)7-34(30,31)9-2-1-3-20-4-9/h1-4,6,12,16,29H,5,7H2,(H2,19,21)(H,22,25)(H,27,28)/b23-11-/t12?,16-/m1/s1. The lowest BCUT2D eigenvalue weighted by atomic mass is 10.0. The predicted molar refractivity (Wildman–Crippen MR) is 121 cm³/mol. The van der Waals surface area contributed by atoms with Crippen LogP contribution in [0.1, 0.15) is 5.69 Å². The molecule has 34 heavy (non-hydrogen) atoms. The second kappa shape index (κ2) is 9.03. The van der Waals surface area contributed by atoms with Crippen LogP contribution in [-0.4, -0.2) is 80.0 Å². The summed E-state index contributed by atoms with van der Waals surface area (Å²) in [6, 6.07) is 1.68. The number of carbonyl (C=O) groups is 3. The third-order valence-corrected chi connectivity index (χ3v) is 8.68. The lowest BCUT2D eigenvalue weighted by Crippen LogP contribution is -2.71. The summed E-state index contributed by atoms with van der Waals surface area (Å²) in [5.41, 5.74) is 4.69. The van der Waals surface area contributed by atoms with Crippen molar-refractivity contribution in [3.63, 3.8) is 0 Å². The number of nitrogens with one attached hydrogen (secondary N) is 1. The summed E-state index contributed by atoms with van der Waals surface area (Å²) >= 11 is 2.12. The Morgan fingerprint density at radius 2 is 2.15 bits per heavy atom. The number of aromatic nitrogens is 2. The van der Waals surface area contributed by atoms with E-state index in [9.17, 15) is 33.1 Å². The van der Waals surface area contributed by atoms with Crippen LogP contribution in [0.5, 0.6) is 0 Å². The van der Waals surface area contributed by atoms with Gasteiger partial charge in [-0.15, -0.1) is 23.1 Å². The van der Waals surface area contributed by atoms with Crippen molar-refractivity contribution in [3.05, 3.63) is 46.9 Å². The minimum absolute atomic E-state index is 0.00546. The number of nitrogens with zero attached hydrogens (tertiary/aromatic N) is 4. The summed E-state index contributed by atoms with van der Waals surface area (Å²) in [6.45, 7) is 0. The highest BCUT2D eigenvalue weighted by atomic mass is 32.2. The number of pyridine rings is 1. The molecule has 4 heterocycles. The zero-order valence-electron chi connectivity index (χ0n) is 17.0. The molecule has 0 radical (unpaired) electrons. The van der Waals surface area contributed by atoms with E-state index in [1.165, 1.54) is 23.7 Å². The number of anilines is 1. The minimum Gasteiger partial charge on any atom is -0.477 e. The molecule has 0 bridgehead atoms. The highest BCUT2D eigenvalue weighted by molar-refractivity contribution is 8.00. The topological polar surface area (TPSA) is 205 Å². The molecule has 2 aliphatic heterocycles. The van der Waals surface area contributed by atoms with Crippen molar-refractivity contribution in [2.75, 3.05) is 17.2 Å². The molecular weight excluding hydrogens is 508 g/mol. The predicted octanol–water partition coefficient (Wildman–Crippen LogP) is -0.489. The first kappa shape index (κ1) is 23.7. The van der Waals surface area contributed by atoms with E-state index in [2.05, 4.69) is 20.4 Å². The molecule has 2 aromatic heterocycles. The van der Waals surface area contributed by atoms with E-state index in [1.807, 2.05) is 0 Å².